The molecule has 1 amide bonds. The average Bonchev–Trinajstić information content (AvgIpc) is 3.50. The van der Waals surface area contributed by atoms with Crippen LogP contribution in [0.1, 0.15) is 44.1 Å². The van der Waals surface area contributed by atoms with Gasteiger partial charge in [0.2, 0.25) is 5.91 Å². The second kappa shape index (κ2) is 6.35. The maximum Gasteiger partial charge on any atom is 0.233 e. The Hall–Kier alpha value is -1.39. The van der Waals surface area contributed by atoms with E-state index in [0.717, 1.165) is 58.3 Å². The van der Waals surface area contributed by atoms with Crippen LogP contribution >= 0.6 is 0 Å². The Morgan fingerprint density at radius 3 is 2.19 bits per heavy atom. The molecule has 1 spiro atoms. The molecule has 4 nitrogen and oxygen atoms in total. The zero-order valence-electron chi connectivity index (χ0n) is 15.7. The van der Waals surface area contributed by atoms with E-state index in [1.165, 1.54) is 31.2 Å². The van der Waals surface area contributed by atoms with Crippen LogP contribution in [0.3, 0.4) is 0 Å². The molecule has 0 bridgehead atoms. The van der Waals surface area contributed by atoms with E-state index in [2.05, 4.69) is 34.1 Å². The summed E-state index contributed by atoms with van der Waals surface area (Å²) in [7, 11) is 0. The van der Waals surface area contributed by atoms with Gasteiger partial charge in [-0.2, -0.15) is 0 Å². The Morgan fingerprint density at radius 2 is 1.62 bits per heavy atom. The highest BCUT2D eigenvalue weighted by Crippen LogP contribution is 2.54. The highest BCUT2D eigenvalue weighted by atomic mass is 16.5. The fourth-order valence-corrected chi connectivity index (χ4v) is 5.69. The average molecular weight is 354 g/mol. The third kappa shape index (κ3) is 2.61. The van der Waals surface area contributed by atoms with Crippen LogP contribution in [0.4, 0.5) is 0 Å². The molecule has 0 radical (unpaired) electrons. The molecule has 4 fully saturated rings. The summed E-state index contributed by atoms with van der Waals surface area (Å²) < 4.78 is 5.53. The van der Waals surface area contributed by atoms with Crippen molar-refractivity contribution in [2.75, 3.05) is 39.4 Å². The molecule has 1 aromatic rings. The van der Waals surface area contributed by atoms with Crippen molar-refractivity contribution < 1.29 is 9.53 Å². The van der Waals surface area contributed by atoms with Crippen molar-refractivity contribution in [3.63, 3.8) is 0 Å². The highest BCUT2D eigenvalue weighted by Gasteiger charge is 2.56. The molecule has 1 aromatic carbocycles. The standard InChI is InChI=1S/C22H30N2O2/c25-20(22(8-9-22)18-4-2-1-3-5-18)24-12-10-21(11-13-24)7-6-19(21)23-14-16-26-17-15-23/h1-5,19H,6-17H2. The minimum absolute atomic E-state index is 0.199. The number of morpholine rings is 1. The Kier molecular flexibility index (Phi) is 4.09. The molecule has 26 heavy (non-hydrogen) atoms. The van der Waals surface area contributed by atoms with Gasteiger partial charge >= 0.3 is 0 Å². The summed E-state index contributed by atoms with van der Waals surface area (Å²) in [5.74, 6) is 0.390. The van der Waals surface area contributed by atoms with Crippen LogP contribution in [0.25, 0.3) is 0 Å². The van der Waals surface area contributed by atoms with Crippen LogP contribution in [-0.2, 0) is 14.9 Å². The van der Waals surface area contributed by atoms with Gasteiger partial charge in [0.05, 0.1) is 18.6 Å². The van der Waals surface area contributed by atoms with E-state index in [4.69, 9.17) is 4.74 Å². The second-order valence-electron chi connectivity index (χ2n) is 8.81. The van der Waals surface area contributed by atoms with E-state index in [-0.39, 0.29) is 5.41 Å². The van der Waals surface area contributed by atoms with Gasteiger partial charge in [-0.05, 0) is 49.5 Å². The second-order valence-corrected chi connectivity index (χ2v) is 8.81. The van der Waals surface area contributed by atoms with Crippen molar-refractivity contribution in [3.8, 4) is 0 Å². The van der Waals surface area contributed by atoms with Gasteiger partial charge in [-0.1, -0.05) is 30.3 Å². The van der Waals surface area contributed by atoms with Gasteiger partial charge in [-0.3, -0.25) is 9.69 Å². The molecule has 4 aliphatic rings. The van der Waals surface area contributed by atoms with Crippen LogP contribution in [0, 0.1) is 5.41 Å². The van der Waals surface area contributed by atoms with Crippen molar-refractivity contribution >= 4 is 5.91 Å². The minimum Gasteiger partial charge on any atom is -0.379 e. The van der Waals surface area contributed by atoms with E-state index >= 15 is 0 Å². The van der Waals surface area contributed by atoms with E-state index in [0.29, 0.717) is 11.3 Å². The summed E-state index contributed by atoms with van der Waals surface area (Å²) >= 11 is 0. The summed E-state index contributed by atoms with van der Waals surface area (Å²) in [4.78, 5) is 18.1. The lowest BCUT2D eigenvalue weighted by atomic mass is 9.58. The first-order chi connectivity index (χ1) is 12.7. The predicted octanol–water partition coefficient (Wildman–Crippen LogP) is 2.82. The van der Waals surface area contributed by atoms with Gasteiger partial charge in [0.25, 0.3) is 0 Å². The monoisotopic (exact) mass is 354 g/mol. The SMILES string of the molecule is O=C(N1CCC2(CCC2N2CCOCC2)CC1)C1(c2ccccc2)CC1. The molecule has 2 saturated carbocycles. The molecule has 0 N–H and O–H groups in total. The number of nitrogens with zero attached hydrogens (tertiary/aromatic N) is 2. The van der Waals surface area contributed by atoms with Crippen molar-refractivity contribution in [2.24, 2.45) is 5.41 Å². The van der Waals surface area contributed by atoms with Gasteiger partial charge < -0.3 is 9.64 Å². The first kappa shape index (κ1) is 16.8. The van der Waals surface area contributed by atoms with E-state index in [1.807, 2.05) is 6.07 Å². The van der Waals surface area contributed by atoms with Crippen LogP contribution in [0.5, 0.6) is 0 Å². The Bertz CT molecular complexity index is 656. The number of rotatable bonds is 3. The molecular weight excluding hydrogens is 324 g/mol. The Labute approximate surface area is 156 Å². The Morgan fingerprint density at radius 1 is 0.923 bits per heavy atom. The Balaban J connectivity index is 1.24. The lowest BCUT2D eigenvalue weighted by Gasteiger charge is -2.58. The molecule has 0 aromatic heterocycles. The van der Waals surface area contributed by atoms with E-state index < -0.39 is 0 Å². The number of hydrogen-bond donors (Lipinski definition) is 0. The summed E-state index contributed by atoms with van der Waals surface area (Å²) in [5.41, 5.74) is 1.49. The first-order valence-electron chi connectivity index (χ1n) is 10.4. The summed E-state index contributed by atoms with van der Waals surface area (Å²) in [5, 5.41) is 0. The topological polar surface area (TPSA) is 32.8 Å². The number of hydrogen-bond acceptors (Lipinski definition) is 3. The van der Waals surface area contributed by atoms with E-state index in [1.54, 1.807) is 0 Å². The number of amides is 1. The smallest absolute Gasteiger partial charge is 0.233 e. The lowest BCUT2D eigenvalue weighted by molar-refractivity contribution is -0.141. The van der Waals surface area contributed by atoms with Gasteiger partial charge in [-0.25, -0.2) is 0 Å². The molecule has 1 unspecified atom stereocenters. The number of carbonyl (C=O) groups is 1. The summed E-state index contributed by atoms with van der Waals surface area (Å²) in [6.07, 6.45) is 7.10. The maximum atomic E-state index is 13.3. The van der Waals surface area contributed by atoms with Crippen molar-refractivity contribution in [1.29, 1.82) is 0 Å². The molecule has 2 aliphatic carbocycles. The van der Waals surface area contributed by atoms with Gasteiger partial charge in [-0.15, -0.1) is 0 Å². The normalized spacial score (nSPS) is 30.0. The first-order valence-corrected chi connectivity index (χ1v) is 10.4. The van der Waals surface area contributed by atoms with Crippen molar-refractivity contribution in [2.45, 2.75) is 50.0 Å². The van der Waals surface area contributed by atoms with Gasteiger partial charge in [0.15, 0.2) is 0 Å². The lowest BCUT2D eigenvalue weighted by Crippen LogP contribution is -2.61. The predicted molar refractivity (Wildman–Crippen MR) is 101 cm³/mol. The maximum absolute atomic E-state index is 13.3. The number of carbonyl (C=O) groups excluding carboxylic acids is 1. The summed E-state index contributed by atoms with van der Waals surface area (Å²) in [6, 6.07) is 11.2. The van der Waals surface area contributed by atoms with Crippen molar-refractivity contribution in [3.05, 3.63) is 35.9 Å². The molecule has 1 atom stereocenters. The molecule has 2 saturated heterocycles. The fourth-order valence-electron chi connectivity index (χ4n) is 5.69. The molecule has 2 aliphatic heterocycles. The van der Waals surface area contributed by atoms with Crippen LogP contribution in [0.15, 0.2) is 30.3 Å². The third-order valence-electron chi connectivity index (χ3n) is 7.64. The number of benzene rings is 1. The third-order valence-corrected chi connectivity index (χ3v) is 7.64. The van der Waals surface area contributed by atoms with Gasteiger partial charge in [0, 0.05) is 32.2 Å². The zero-order valence-corrected chi connectivity index (χ0v) is 15.7. The molecule has 5 rings (SSSR count). The minimum atomic E-state index is -0.199. The van der Waals surface area contributed by atoms with Crippen LogP contribution < -0.4 is 0 Å². The summed E-state index contributed by atoms with van der Waals surface area (Å²) in [6.45, 7) is 5.86. The van der Waals surface area contributed by atoms with Gasteiger partial charge in [0.1, 0.15) is 0 Å². The molecule has 2 heterocycles. The number of piperidine rings is 1. The largest absolute Gasteiger partial charge is 0.379 e. The molecule has 140 valence electrons. The highest BCUT2D eigenvalue weighted by molar-refractivity contribution is 5.91. The number of likely N-dealkylation sites (tertiary alicyclic amines) is 1. The molecular formula is C22H30N2O2. The van der Waals surface area contributed by atoms with Crippen LogP contribution in [-0.4, -0.2) is 61.1 Å². The molecule has 4 heteroatoms. The zero-order chi connectivity index (χ0) is 17.6. The van der Waals surface area contributed by atoms with E-state index in [9.17, 15) is 4.79 Å². The van der Waals surface area contributed by atoms with Crippen LogP contribution in [0.2, 0.25) is 0 Å². The van der Waals surface area contributed by atoms with Crippen molar-refractivity contribution in [1.82, 2.24) is 9.80 Å². The quantitative estimate of drug-likeness (QED) is 0.837. The number of ether oxygens (including phenoxy) is 1. The fraction of sp³-hybridized carbons (Fsp3) is 0.682.